The minimum absolute atomic E-state index is 0.0225. The number of hydrogen-bond acceptors (Lipinski definition) is 3. The molecule has 0 spiro atoms. The third-order valence-electron chi connectivity index (χ3n) is 3.16. The average Bonchev–Trinajstić information content (AvgIpc) is 2.78. The largest absolute Gasteiger partial charge is 0.310 e. The SMILES string of the molecule is CC(C)c1cc(=O)[nH]c(CSC2CCCC2)n1. The van der Waals surface area contributed by atoms with Crippen LogP contribution in [0.1, 0.15) is 57.0 Å². The van der Waals surface area contributed by atoms with Gasteiger partial charge >= 0.3 is 0 Å². The molecular weight excluding hydrogens is 232 g/mol. The summed E-state index contributed by atoms with van der Waals surface area (Å²) in [5.41, 5.74) is 0.876. The summed E-state index contributed by atoms with van der Waals surface area (Å²) in [5.74, 6) is 1.98. The van der Waals surface area contributed by atoms with Crippen molar-refractivity contribution in [2.75, 3.05) is 0 Å². The van der Waals surface area contributed by atoms with Crippen LogP contribution < -0.4 is 5.56 Å². The molecule has 1 aliphatic carbocycles. The lowest BCUT2D eigenvalue weighted by Gasteiger charge is -2.09. The molecule has 1 heterocycles. The van der Waals surface area contributed by atoms with Gasteiger partial charge in [-0.25, -0.2) is 4.98 Å². The number of aromatic nitrogens is 2. The van der Waals surface area contributed by atoms with Gasteiger partial charge in [0.25, 0.3) is 5.56 Å². The summed E-state index contributed by atoms with van der Waals surface area (Å²) in [6, 6.07) is 1.61. The third kappa shape index (κ3) is 3.60. The lowest BCUT2D eigenvalue weighted by Crippen LogP contribution is -2.13. The first-order valence-electron chi connectivity index (χ1n) is 6.37. The Bertz CT molecular complexity index is 422. The number of rotatable bonds is 4. The van der Waals surface area contributed by atoms with E-state index in [2.05, 4.69) is 23.8 Å². The molecule has 3 nitrogen and oxygen atoms in total. The number of nitrogens with one attached hydrogen (secondary N) is 1. The van der Waals surface area contributed by atoms with Crippen LogP contribution in [0.3, 0.4) is 0 Å². The van der Waals surface area contributed by atoms with Gasteiger partial charge in [-0.3, -0.25) is 4.79 Å². The number of H-pyrrole nitrogens is 1. The highest BCUT2D eigenvalue weighted by molar-refractivity contribution is 7.99. The summed E-state index contributed by atoms with van der Waals surface area (Å²) < 4.78 is 0. The molecule has 0 radical (unpaired) electrons. The number of aromatic amines is 1. The third-order valence-corrected chi connectivity index (χ3v) is 4.54. The lowest BCUT2D eigenvalue weighted by atomic mass is 10.1. The van der Waals surface area contributed by atoms with Crippen molar-refractivity contribution >= 4 is 11.8 Å². The van der Waals surface area contributed by atoms with Gasteiger partial charge < -0.3 is 4.98 Å². The fourth-order valence-corrected chi connectivity index (χ4v) is 3.34. The van der Waals surface area contributed by atoms with Gasteiger partial charge in [-0.05, 0) is 18.8 Å². The topological polar surface area (TPSA) is 45.8 Å². The quantitative estimate of drug-likeness (QED) is 0.895. The van der Waals surface area contributed by atoms with Crippen molar-refractivity contribution < 1.29 is 0 Å². The molecule has 0 aliphatic heterocycles. The average molecular weight is 252 g/mol. The zero-order valence-electron chi connectivity index (χ0n) is 10.5. The fourth-order valence-electron chi connectivity index (χ4n) is 2.14. The second kappa shape index (κ2) is 5.71. The molecule has 0 amide bonds. The maximum atomic E-state index is 11.5. The van der Waals surface area contributed by atoms with Crippen LogP contribution in [-0.4, -0.2) is 15.2 Å². The van der Waals surface area contributed by atoms with Crippen LogP contribution in [-0.2, 0) is 5.75 Å². The Balaban J connectivity index is 2.02. The summed E-state index contributed by atoms with van der Waals surface area (Å²) >= 11 is 1.93. The van der Waals surface area contributed by atoms with Crippen molar-refractivity contribution in [1.29, 1.82) is 0 Å². The first-order valence-corrected chi connectivity index (χ1v) is 7.42. The second-order valence-corrected chi connectivity index (χ2v) is 6.28. The van der Waals surface area contributed by atoms with Gasteiger partial charge in [-0.1, -0.05) is 26.7 Å². The molecule has 1 aliphatic rings. The molecule has 0 aromatic carbocycles. The van der Waals surface area contributed by atoms with E-state index in [1.807, 2.05) is 11.8 Å². The molecule has 17 heavy (non-hydrogen) atoms. The molecule has 1 saturated carbocycles. The Kier molecular flexibility index (Phi) is 4.26. The Morgan fingerprint density at radius 2 is 2.18 bits per heavy atom. The smallest absolute Gasteiger partial charge is 0.251 e. The van der Waals surface area contributed by atoms with E-state index in [-0.39, 0.29) is 5.56 Å². The van der Waals surface area contributed by atoms with E-state index in [9.17, 15) is 4.79 Å². The molecule has 0 unspecified atom stereocenters. The predicted octanol–water partition coefficient (Wildman–Crippen LogP) is 3.07. The Morgan fingerprint density at radius 1 is 1.47 bits per heavy atom. The Morgan fingerprint density at radius 3 is 2.82 bits per heavy atom. The minimum atomic E-state index is -0.0225. The van der Waals surface area contributed by atoms with E-state index in [0.717, 1.165) is 22.5 Å². The van der Waals surface area contributed by atoms with E-state index in [0.29, 0.717) is 5.92 Å². The molecule has 1 N–H and O–H groups in total. The van der Waals surface area contributed by atoms with Gasteiger partial charge in [-0.2, -0.15) is 11.8 Å². The van der Waals surface area contributed by atoms with Gasteiger partial charge in [0.2, 0.25) is 0 Å². The Labute approximate surface area is 106 Å². The van der Waals surface area contributed by atoms with Crippen molar-refractivity contribution in [1.82, 2.24) is 9.97 Å². The van der Waals surface area contributed by atoms with E-state index in [1.165, 1.54) is 25.7 Å². The first kappa shape index (κ1) is 12.7. The van der Waals surface area contributed by atoms with Crippen LogP contribution in [0.25, 0.3) is 0 Å². The van der Waals surface area contributed by atoms with Gasteiger partial charge in [0, 0.05) is 11.3 Å². The van der Waals surface area contributed by atoms with Crippen molar-refractivity contribution in [2.24, 2.45) is 0 Å². The highest BCUT2D eigenvalue weighted by Crippen LogP contribution is 2.30. The van der Waals surface area contributed by atoms with E-state index in [1.54, 1.807) is 6.07 Å². The summed E-state index contributed by atoms with van der Waals surface area (Å²) in [4.78, 5) is 18.9. The minimum Gasteiger partial charge on any atom is -0.310 e. The van der Waals surface area contributed by atoms with Crippen LogP contribution in [0.2, 0.25) is 0 Å². The highest BCUT2D eigenvalue weighted by Gasteiger charge is 2.16. The standard InChI is InChI=1S/C13H20N2OS/c1-9(2)11-7-13(16)15-12(14-11)8-17-10-5-3-4-6-10/h7,9-10H,3-6,8H2,1-2H3,(H,14,15,16). The summed E-state index contributed by atoms with van der Waals surface area (Å²) in [7, 11) is 0. The maximum Gasteiger partial charge on any atom is 0.251 e. The maximum absolute atomic E-state index is 11.5. The van der Waals surface area contributed by atoms with Crippen molar-refractivity contribution in [2.45, 2.75) is 56.5 Å². The van der Waals surface area contributed by atoms with Crippen LogP contribution in [0.5, 0.6) is 0 Å². The first-order chi connectivity index (χ1) is 8.15. The summed E-state index contributed by atoms with van der Waals surface area (Å²) in [6.45, 7) is 4.13. The number of nitrogens with zero attached hydrogens (tertiary/aromatic N) is 1. The highest BCUT2D eigenvalue weighted by atomic mass is 32.2. The summed E-state index contributed by atoms with van der Waals surface area (Å²) in [6.07, 6.45) is 5.35. The fraction of sp³-hybridized carbons (Fsp3) is 0.692. The molecule has 0 atom stereocenters. The lowest BCUT2D eigenvalue weighted by molar-refractivity contribution is 0.791. The van der Waals surface area contributed by atoms with Crippen LogP contribution in [0, 0.1) is 0 Å². The molecule has 1 fully saturated rings. The van der Waals surface area contributed by atoms with Crippen molar-refractivity contribution in [3.63, 3.8) is 0 Å². The van der Waals surface area contributed by atoms with E-state index in [4.69, 9.17) is 0 Å². The van der Waals surface area contributed by atoms with Gasteiger partial charge in [0.05, 0.1) is 11.4 Å². The molecule has 0 bridgehead atoms. The molecular formula is C13H20N2OS. The molecule has 94 valence electrons. The molecule has 1 aromatic heterocycles. The van der Waals surface area contributed by atoms with Gasteiger partial charge in [0.15, 0.2) is 0 Å². The molecule has 1 aromatic rings. The van der Waals surface area contributed by atoms with Crippen molar-refractivity contribution in [3.8, 4) is 0 Å². The molecule has 4 heteroatoms. The van der Waals surface area contributed by atoms with Crippen LogP contribution >= 0.6 is 11.8 Å². The van der Waals surface area contributed by atoms with Gasteiger partial charge in [0.1, 0.15) is 5.82 Å². The number of thioether (sulfide) groups is 1. The van der Waals surface area contributed by atoms with E-state index >= 15 is 0 Å². The van der Waals surface area contributed by atoms with Crippen molar-refractivity contribution in [3.05, 3.63) is 27.9 Å². The zero-order chi connectivity index (χ0) is 12.3. The summed E-state index contributed by atoms with van der Waals surface area (Å²) in [5, 5.41) is 0.767. The van der Waals surface area contributed by atoms with Crippen LogP contribution in [0.4, 0.5) is 0 Å². The Hall–Kier alpha value is -0.770. The van der Waals surface area contributed by atoms with Crippen LogP contribution in [0.15, 0.2) is 10.9 Å². The monoisotopic (exact) mass is 252 g/mol. The second-order valence-electron chi connectivity index (χ2n) is 4.99. The number of hydrogen-bond donors (Lipinski definition) is 1. The van der Waals surface area contributed by atoms with Gasteiger partial charge in [-0.15, -0.1) is 0 Å². The van der Waals surface area contributed by atoms with E-state index < -0.39 is 0 Å². The predicted molar refractivity (Wildman–Crippen MR) is 72.5 cm³/mol. The zero-order valence-corrected chi connectivity index (χ0v) is 11.3. The molecule has 0 saturated heterocycles. The normalized spacial score (nSPS) is 16.9. The molecule has 2 rings (SSSR count).